The Morgan fingerprint density at radius 2 is 1.68 bits per heavy atom. The average Bonchev–Trinajstić information content (AvgIpc) is 2.85. The van der Waals surface area contributed by atoms with E-state index < -0.39 is 6.29 Å². The smallest absolute Gasteiger partial charge is 0.261 e. The summed E-state index contributed by atoms with van der Waals surface area (Å²) < 4.78 is 11.0. The second kappa shape index (κ2) is 8.61. The molecular weight excluding hydrogens is 324 g/mol. The lowest BCUT2D eigenvalue weighted by molar-refractivity contribution is -0.124. The minimum absolute atomic E-state index is 0.130. The van der Waals surface area contributed by atoms with Gasteiger partial charge in [0, 0.05) is 26.0 Å². The number of amides is 2. The molecule has 8 nitrogen and oxygen atoms in total. The Hall–Kier alpha value is -2.42. The van der Waals surface area contributed by atoms with Gasteiger partial charge in [-0.05, 0) is 26.0 Å². The molecule has 2 rings (SSSR count). The lowest BCUT2D eigenvalue weighted by atomic mass is 10.1. The number of carbonyl (C=O) groups excluding carboxylic acids is 2. The maximum Gasteiger partial charge on any atom is 0.261 e. The summed E-state index contributed by atoms with van der Waals surface area (Å²) in [5, 5.41) is 1.33. The standard InChI is InChI=1S/C17H24N4O4/c1-3-24-17(25-4-2)14(11-18)21(19)10-9-20-15(22)12-7-5-6-8-13(12)16(20)23/h5-8,11,17H,3-4,9-10,18-19H2,1-2H3/b14-11-. The summed E-state index contributed by atoms with van der Waals surface area (Å²) >= 11 is 0. The number of nitrogens with zero attached hydrogens (tertiary/aromatic N) is 2. The Bertz CT molecular complexity index is 621. The van der Waals surface area contributed by atoms with Crippen molar-refractivity contribution >= 4 is 11.8 Å². The van der Waals surface area contributed by atoms with E-state index in [9.17, 15) is 9.59 Å². The maximum absolute atomic E-state index is 12.4. The Morgan fingerprint density at radius 1 is 1.16 bits per heavy atom. The Labute approximate surface area is 146 Å². The van der Waals surface area contributed by atoms with Crippen LogP contribution in [0.25, 0.3) is 0 Å². The van der Waals surface area contributed by atoms with Crippen LogP contribution in [-0.2, 0) is 9.47 Å². The summed E-state index contributed by atoms with van der Waals surface area (Å²) in [6.07, 6.45) is 0.602. The van der Waals surface area contributed by atoms with E-state index in [1.54, 1.807) is 24.3 Å². The maximum atomic E-state index is 12.4. The molecular formula is C17H24N4O4. The fourth-order valence-electron chi connectivity index (χ4n) is 2.61. The van der Waals surface area contributed by atoms with Gasteiger partial charge in [-0.25, -0.2) is 5.84 Å². The largest absolute Gasteiger partial charge is 0.403 e. The van der Waals surface area contributed by atoms with Crippen molar-refractivity contribution in [2.24, 2.45) is 11.6 Å². The highest BCUT2D eigenvalue weighted by Gasteiger charge is 2.35. The number of fused-ring (bicyclic) bond motifs is 1. The zero-order chi connectivity index (χ0) is 18.4. The van der Waals surface area contributed by atoms with Crippen LogP contribution in [0.5, 0.6) is 0 Å². The second-order valence-electron chi connectivity index (χ2n) is 5.34. The van der Waals surface area contributed by atoms with Gasteiger partial charge >= 0.3 is 0 Å². The predicted molar refractivity (Wildman–Crippen MR) is 92.0 cm³/mol. The van der Waals surface area contributed by atoms with Crippen LogP contribution in [-0.4, -0.2) is 54.3 Å². The summed E-state index contributed by atoms with van der Waals surface area (Å²) in [6.45, 7) is 4.85. The minimum Gasteiger partial charge on any atom is -0.403 e. The average molecular weight is 348 g/mol. The van der Waals surface area contributed by atoms with Crippen molar-refractivity contribution in [2.45, 2.75) is 20.1 Å². The van der Waals surface area contributed by atoms with Gasteiger partial charge in [-0.15, -0.1) is 0 Å². The number of hydrogen-bond donors (Lipinski definition) is 2. The van der Waals surface area contributed by atoms with Crippen molar-refractivity contribution in [1.82, 2.24) is 9.91 Å². The van der Waals surface area contributed by atoms with Gasteiger partial charge in [0.2, 0.25) is 6.29 Å². The number of hydrazine groups is 1. The normalized spacial score (nSPS) is 14.4. The molecule has 1 heterocycles. The van der Waals surface area contributed by atoms with E-state index in [0.29, 0.717) is 30.0 Å². The molecule has 0 aromatic heterocycles. The van der Waals surface area contributed by atoms with Crippen molar-refractivity contribution in [1.29, 1.82) is 0 Å². The predicted octanol–water partition coefficient (Wildman–Crippen LogP) is 0.658. The van der Waals surface area contributed by atoms with Crippen LogP contribution in [0.3, 0.4) is 0 Å². The topological polar surface area (TPSA) is 111 Å². The van der Waals surface area contributed by atoms with Crippen molar-refractivity contribution in [3.63, 3.8) is 0 Å². The molecule has 136 valence electrons. The first-order chi connectivity index (χ1) is 12.0. The van der Waals surface area contributed by atoms with Crippen LogP contribution in [0.2, 0.25) is 0 Å². The zero-order valence-corrected chi connectivity index (χ0v) is 14.5. The van der Waals surface area contributed by atoms with Gasteiger partial charge in [-0.1, -0.05) is 12.1 Å². The van der Waals surface area contributed by atoms with Gasteiger partial charge in [0.15, 0.2) is 0 Å². The van der Waals surface area contributed by atoms with Crippen molar-refractivity contribution in [3.8, 4) is 0 Å². The quantitative estimate of drug-likeness (QED) is 0.292. The van der Waals surface area contributed by atoms with E-state index in [1.165, 1.54) is 16.1 Å². The van der Waals surface area contributed by atoms with Crippen molar-refractivity contribution in [2.75, 3.05) is 26.3 Å². The Balaban J connectivity index is 2.03. The van der Waals surface area contributed by atoms with E-state index in [0.717, 1.165) is 0 Å². The van der Waals surface area contributed by atoms with Gasteiger partial charge in [-0.3, -0.25) is 14.5 Å². The molecule has 8 heteroatoms. The first-order valence-electron chi connectivity index (χ1n) is 8.17. The summed E-state index contributed by atoms with van der Waals surface area (Å²) in [5.74, 6) is 5.40. The SMILES string of the molecule is CCOC(OCC)/C(=C/N)N(N)CCN1C(=O)c2ccccc2C1=O. The molecule has 0 bridgehead atoms. The molecule has 0 unspecified atom stereocenters. The number of carbonyl (C=O) groups is 2. The summed E-state index contributed by atoms with van der Waals surface area (Å²) in [6, 6.07) is 6.74. The number of hydrogen-bond acceptors (Lipinski definition) is 7. The highest BCUT2D eigenvalue weighted by Crippen LogP contribution is 2.22. The third-order valence-electron chi connectivity index (χ3n) is 3.82. The van der Waals surface area contributed by atoms with E-state index in [-0.39, 0.29) is 24.9 Å². The molecule has 2 amide bonds. The monoisotopic (exact) mass is 348 g/mol. The molecule has 1 aliphatic heterocycles. The lowest BCUT2D eigenvalue weighted by Crippen LogP contribution is -2.44. The van der Waals surface area contributed by atoms with Crippen LogP contribution in [0.1, 0.15) is 34.6 Å². The molecule has 0 spiro atoms. The molecule has 0 fully saturated rings. The lowest BCUT2D eigenvalue weighted by Gasteiger charge is -2.28. The highest BCUT2D eigenvalue weighted by molar-refractivity contribution is 6.21. The first-order valence-corrected chi connectivity index (χ1v) is 8.17. The molecule has 4 N–H and O–H groups in total. The molecule has 1 aromatic rings. The third kappa shape index (κ3) is 3.98. The van der Waals surface area contributed by atoms with E-state index in [4.69, 9.17) is 21.1 Å². The summed E-state index contributed by atoms with van der Waals surface area (Å²) in [5.41, 5.74) is 6.90. The van der Waals surface area contributed by atoms with Crippen molar-refractivity contribution < 1.29 is 19.1 Å². The molecule has 0 saturated carbocycles. The molecule has 1 aliphatic rings. The van der Waals surface area contributed by atoms with Crippen LogP contribution in [0.4, 0.5) is 0 Å². The third-order valence-corrected chi connectivity index (χ3v) is 3.82. The summed E-state index contributed by atoms with van der Waals surface area (Å²) in [7, 11) is 0. The van der Waals surface area contributed by atoms with Crippen LogP contribution in [0.15, 0.2) is 36.2 Å². The van der Waals surface area contributed by atoms with Gasteiger partial charge in [0.1, 0.15) is 5.70 Å². The minimum atomic E-state index is -0.702. The number of ether oxygens (including phenoxy) is 2. The van der Waals surface area contributed by atoms with Gasteiger partial charge in [0.05, 0.1) is 17.7 Å². The molecule has 0 aliphatic carbocycles. The first kappa shape index (κ1) is 18.9. The second-order valence-corrected chi connectivity index (χ2v) is 5.34. The molecule has 1 aromatic carbocycles. The molecule has 25 heavy (non-hydrogen) atoms. The van der Waals surface area contributed by atoms with E-state index in [1.807, 2.05) is 13.8 Å². The summed E-state index contributed by atoms with van der Waals surface area (Å²) in [4.78, 5) is 25.9. The Morgan fingerprint density at radius 3 is 2.12 bits per heavy atom. The number of imide groups is 1. The van der Waals surface area contributed by atoms with E-state index >= 15 is 0 Å². The molecule has 0 saturated heterocycles. The van der Waals surface area contributed by atoms with Crippen molar-refractivity contribution in [3.05, 3.63) is 47.3 Å². The number of nitrogens with two attached hydrogens (primary N) is 2. The number of rotatable bonds is 9. The zero-order valence-electron chi connectivity index (χ0n) is 14.5. The fourth-order valence-corrected chi connectivity index (χ4v) is 2.61. The van der Waals surface area contributed by atoms with Gasteiger partial charge < -0.3 is 20.2 Å². The van der Waals surface area contributed by atoms with E-state index in [2.05, 4.69) is 0 Å². The Kier molecular flexibility index (Phi) is 6.51. The van der Waals surface area contributed by atoms with Gasteiger partial charge in [0.25, 0.3) is 11.8 Å². The van der Waals surface area contributed by atoms with Crippen LogP contribution >= 0.6 is 0 Å². The van der Waals surface area contributed by atoms with Gasteiger partial charge in [-0.2, -0.15) is 0 Å². The van der Waals surface area contributed by atoms with Crippen LogP contribution in [0, 0.1) is 0 Å². The fraction of sp³-hybridized carbons (Fsp3) is 0.412. The van der Waals surface area contributed by atoms with Crippen LogP contribution < -0.4 is 11.6 Å². The highest BCUT2D eigenvalue weighted by atomic mass is 16.7. The number of benzene rings is 1. The molecule has 0 atom stereocenters. The molecule has 0 radical (unpaired) electrons.